The fourth-order valence-corrected chi connectivity index (χ4v) is 3.22. The molecule has 3 aromatic carbocycles. The number of carbonyl (C=O) groups is 1. The van der Waals surface area contributed by atoms with Gasteiger partial charge in [0, 0.05) is 23.3 Å². The smallest absolute Gasteiger partial charge is 0.271 e. The van der Waals surface area contributed by atoms with E-state index < -0.39 is 10.8 Å². The number of oxazole rings is 1. The lowest BCUT2D eigenvalue weighted by Gasteiger charge is -2.10. The first-order valence-corrected chi connectivity index (χ1v) is 9.72. The summed E-state index contributed by atoms with van der Waals surface area (Å²) in [5, 5.41) is 13.8. The van der Waals surface area contributed by atoms with Crippen molar-refractivity contribution in [2.24, 2.45) is 0 Å². The summed E-state index contributed by atoms with van der Waals surface area (Å²) in [5.41, 5.74) is 2.59. The summed E-state index contributed by atoms with van der Waals surface area (Å²) in [6, 6.07) is 18.6. The van der Waals surface area contributed by atoms with Crippen LogP contribution in [-0.2, 0) is 0 Å². The van der Waals surface area contributed by atoms with Crippen LogP contribution in [0, 0.1) is 17.0 Å². The minimum Gasteiger partial charge on any atom is -0.497 e. The maximum atomic E-state index is 13.0. The number of ether oxygens (including phenoxy) is 1. The zero-order chi connectivity index (χ0) is 22.7. The molecule has 160 valence electrons. The Morgan fingerprint density at radius 3 is 2.69 bits per heavy atom. The van der Waals surface area contributed by atoms with Gasteiger partial charge in [-0.25, -0.2) is 4.98 Å². The molecule has 0 radical (unpaired) electrons. The predicted octanol–water partition coefficient (Wildman–Crippen LogP) is 5.49. The minimum atomic E-state index is -0.504. The zero-order valence-electron chi connectivity index (χ0n) is 17.4. The van der Waals surface area contributed by atoms with Gasteiger partial charge in [0.15, 0.2) is 5.76 Å². The number of carbonyl (C=O) groups excluding carboxylic acids is 1. The standard InChI is InChI=1S/C24H19N3O5/c1-15-10-11-17(27(29)30)13-21(15)26-23(28)19-8-3-4-9-20(19)24-25-14-22(32-24)16-6-5-7-18(12-16)31-2/h3-14H,1-2H3,(H,26,28). The van der Waals surface area contributed by atoms with Crippen LogP contribution in [0.5, 0.6) is 5.75 Å². The monoisotopic (exact) mass is 429 g/mol. The number of nitrogens with zero attached hydrogens (tertiary/aromatic N) is 2. The quantitative estimate of drug-likeness (QED) is 0.321. The number of nitro groups is 1. The molecule has 0 aliphatic heterocycles. The molecule has 0 aliphatic carbocycles. The number of methoxy groups -OCH3 is 1. The normalized spacial score (nSPS) is 10.6. The van der Waals surface area contributed by atoms with Crippen LogP contribution < -0.4 is 10.1 Å². The van der Waals surface area contributed by atoms with Gasteiger partial charge in [-0.15, -0.1) is 0 Å². The third kappa shape index (κ3) is 4.20. The van der Waals surface area contributed by atoms with Crippen LogP contribution in [0.15, 0.2) is 77.3 Å². The highest BCUT2D eigenvalue weighted by atomic mass is 16.6. The zero-order valence-corrected chi connectivity index (χ0v) is 17.4. The molecule has 1 heterocycles. The lowest BCUT2D eigenvalue weighted by Crippen LogP contribution is -2.14. The van der Waals surface area contributed by atoms with E-state index >= 15 is 0 Å². The van der Waals surface area contributed by atoms with Gasteiger partial charge in [-0.3, -0.25) is 14.9 Å². The number of benzene rings is 3. The molecule has 8 nitrogen and oxygen atoms in total. The van der Waals surface area contributed by atoms with E-state index in [1.165, 1.54) is 12.1 Å². The van der Waals surface area contributed by atoms with E-state index in [-0.39, 0.29) is 11.6 Å². The summed E-state index contributed by atoms with van der Waals surface area (Å²) in [7, 11) is 1.59. The number of amides is 1. The van der Waals surface area contributed by atoms with E-state index in [0.29, 0.717) is 33.9 Å². The average Bonchev–Trinajstić information content (AvgIpc) is 3.30. The molecule has 0 saturated carbocycles. The predicted molar refractivity (Wildman–Crippen MR) is 120 cm³/mol. The number of aromatic nitrogens is 1. The van der Waals surface area contributed by atoms with Gasteiger partial charge in [0.1, 0.15) is 5.75 Å². The Hall–Kier alpha value is -4.46. The number of non-ortho nitro benzene ring substituents is 1. The third-order valence-corrected chi connectivity index (χ3v) is 4.94. The first-order chi connectivity index (χ1) is 15.5. The number of hydrogen-bond donors (Lipinski definition) is 1. The molecule has 4 aromatic rings. The average molecular weight is 429 g/mol. The summed E-state index contributed by atoms with van der Waals surface area (Å²) in [6.45, 7) is 1.76. The molecule has 32 heavy (non-hydrogen) atoms. The summed E-state index contributed by atoms with van der Waals surface area (Å²) in [6.07, 6.45) is 1.59. The van der Waals surface area contributed by atoms with Crippen LogP contribution in [0.4, 0.5) is 11.4 Å². The van der Waals surface area contributed by atoms with Crippen molar-refractivity contribution in [2.75, 3.05) is 12.4 Å². The van der Waals surface area contributed by atoms with Gasteiger partial charge in [0.05, 0.1) is 29.5 Å². The van der Waals surface area contributed by atoms with Gasteiger partial charge in [-0.2, -0.15) is 0 Å². The first-order valence-electron chi connectivity index (χ1n) is 9.72. The van der Waals surface area contributed by atoms with E-state index in [2.05, 4.69) is 10.3 Å². The van der Waals surface area contributed by atoms with Crippen LogP contribution in [0.3, 0.4) is 0 Å². The van der Waals surface area contributed by atoms with Crippen molar-refractivity contribution >= 4 is 17.3 Å². The van der Waals surface area contributed by atoms with Crippen LogP contribution in [0.1, 0.15) is 15.9 Å². The topological polar surface area (TPSA) is 108 Å². The highest BCUT2D eigenvalue weighted by molar-refractivity contribution is 6.08. The van der Waals surface area contributed by atoms with Crippen LogP contribution in [-0.4, -0.2) is 22.9 Å². The molecule has 0 aliphatic rings. The van der Waals surface area contributed by atoms with Crippen molar-refractivity contribution in [3.63, 3.8) is 0 Å². The Kier molecular flexibility index (Phi) is 5.67. The molecule has 0 unspecified atom stereocenters. The fraction of sp³-hybridized carbons (Fsp3) is 0.0833. The molecule has 0 fully saturated rings. The maximum Gasteiger partial charge on any atom is 0.271 e. The third-order valence-electron chi connectivity index (χ3n) is 4.94. The van der Waals surface area contributed by atoms with Crippen molar-refractivity contribution in [3.05, 3.63) is 94.2 Å². The van der Waals surface area contributed by atoms with E-state index in [9.17, 15) is 14.9 Å². The number of rotatable bonds is 6. The van der Waals surface area contributed by atoms with Gasteiger partial charge in [-0.1, -0.05) is 30.3 Å². The maximum absolute atomic E-state index is 13.0. The second-order valence-corrected chi connectivity index (χ2v) is 7.02. The minimum absolute atomic E-state index is 0.102. The summed E-state index contributed by atoms with van der Waals surface area (Å²) < 4.78 is 11.2. The number of aryl methyl sites for hydroxylation is 1. The van der Waals surface area contributed by atoms with Crippen LogP contribution in [0.2, 0.25) is 0 Å². The van der Waals surface area contributed by atoms with E-state index in [1.807, 2.05) is 24.3 Å². The van der Waals surface area contributed by atoms with Crippen LogP contribution in [0.25, 0.3) is 22.8 Å². The van der Waals surface area contributed by atoms with Gasteiger partial charge in [0.25, 0.3) is 11.6 Å². The molecular formula is C24H19N3O5. The van der Waals surface area contributed by atoms with Gasteiger partial charge < -0.3 is 14.5 Å². The number of nitro benzene ring substituents is 1. The van der Waals surface area contributed by atoms with Crippen LogP contribution >= 0.6 is 0 Å². The Morgan fingerprint density at radius 2 is 1.91 bits per heavy atom. The molecule has 8 heteroatoms. The van der Waals surface area contributed by atoms with E-state index in [4.69, 9.17) is 9.15 Å². The lowest BCUT2D eigenvalue weighted by atomic mass is 10.1. The number of anilines is 1. The van der Waals surface area contributed by atoms with Gasteiger partial charge >= 0.3 is 0 Å². The largest absolute Gasteiger partial charge is 0.497 e. The molecule has 4 rings (SSSR count). The summed E-state index contributed by atoms with van der Waals surface area (Å²) >= 11 is 0. The molecule has 1 aromatic heterocycles. The Labute approximate surface area is 183 Å². The lowest BCUT2D eigenvalue weighted by molar-refractivity contribution is -0.384. The van der Waals surface area contributed by atoms with Crippen molar-refractivity contribution < 1.29 is 18.9 Å². The molecule has 1 N–H and O–H groups in total. The fourth-order valence-electron chi connectivity index (χ4n) is 3.22. The molecule has 0 spiro atoms. The van der Waals surface area contributed by atoms with E-state index in [1.54, 1.807) is 50.6 Å². The van der Waals surface area contributed by atoms with Crippen molar-refractivity contribution in [1.29, 1.82) is 0 Å². The van der Waals surface area contributed by atoms with Crippen molar-refractivity contribution in [3.8, 4) is 28.5 Å². The molecule has 1 amide bonds. The highest BCUT2D eigenvalue weighted by Crippen LogP contribution is 2.30. The molecule has 0 saturated heterocycles. The molecular weight excluding hydrogens is 410 g/mol. The Bertz CT molecular complexity index is 1310. The SMILES string of the molecule is COc1cccc(-c2cnc(-c3ccccc3C(=O)Nc3cc([N+](=O)[O-])ccc3C)o2)c1. The van der Waals surface area contributed by atoms with Gasteiger partial charge in [0.2, 0.25) is 5.89 Å². The summed E-state index contributed by atoms with van der Waals surface area (Å²) in [4.78, 5) is 28.0. The van der Waals surface area contributed by atoms with Crippen molar-refractivity contribution in [1.82, 2.24) is 4.98 Å². The van der Waals surface area contributed by atoms with Gasteiger partial charge in [-0.05, 0) is 36.8 Å². The Balaban J connectivity index is 1.65. The molecule has 0 bridgehead atoms. The molecule has 0 atom stereocenters. The van der Waals surface area contributed by atoms with E-state index in [0.717, 1.165) is 5.56 Å². The first kappa shape index (κ1) is 20.8. The second-order valence-electron chi connectivity index (χ2n) is 7.02. The van der Waals surface area contributed by atoms with Crippen molar-refractivity contribution in [2.45, 2.75) is 6.92 Å². The number of nitrogens with one attached hydrogen (secondary N) is 1. The Morgan fingerprint density at radius 1 is 1.09 bits per heavy atom. The second kappa shape index (κ2) is 8.73. The highest BCUT2D eigenvalue weighted by Gasteiger charge is 2.19. The number of hydrogen-bond acceptors (Lipinski definition) is 6. The summed E-state index contributed by atoms with van der Waals surface area (Å²) in [5.74, 6) is 1.07.